The van der Waals surface area contributed by atoms with Crippen LogP contribution in [0.3, 0.4) is 0 Å². The van der Waals surface area contributed by atoms with Gasteiger partial charge in [0.2, 0.25) is 0 Å². The lowest BCUT2D eigenvalue weighted by atomic mass is 9.90. The summed E-state index contributed by atoms with van der Waals surface area (Å²) in [5.74, 6) is 0. The van der Waals surface area contributed by atoms with Crippen LogP contribution in [0.4, 0.5) is 0 Å². The van der Waals surface area contributed by atoms with Gasteiger partial charge in [0.15, 0.2) is 0 Å². The molecule has 17 heavy (non-hydrogen) atoms. The fraction of sp³-hybridized carbons (Fsp3) is 0.929. The number of nitrogens with zero attached hydrogens (tertiary/aromatic N) is 3. The van der Waals surface area contributed by atoms with Crippen molar-refractivity contribution in [2.75, 3.05) is 33.2 Å². The van der Waals surface area contributed by atoms with Gasteiger partial charge in [0.1, 0.15) is 0 Å². The number of likely N-dealkylation sites (N-methyl/N-ethyl adjacent to an activating group) is 1. The summed E-state index contributed by atoms with van der Waals surface area (Å²) in [6.07, 6.45) is 3.40. The molecule has 1 aliphatic heterocycles. The highest BCUT2D eigenvalue weighted by Crippen LogP contribution is 2.21. The van der Waals surface area contributed by atoms with Gasteiger partial charge in [0.25, 0.3) is 0 Å². The molecular weight excluding hydrogens is 210 g/mol. The maximum Gasteiger partial charge on any atom is 0.0683 e. The molecular formula is C14H27N3. The minimum atomic E-state index is -0.161. The molecule has 0 spiro atoms. The Morgan fingerprint density at radius 1 is 1.35 bits per heavy atom. The van der Waals surface area contributed by atoms with Crippen molar-refractivity contribution in [2.45, 2.75) is 46.1 Å². The Hall–Kier alpha value is -0.590. The highest BCUT2D eigenvalue weighted by molar-refractivity contribution is 4.91. The summed E-state index contributed by atoms with van der Waals surface area (Å²) >= 11 is 0. The molecule has 0 aliphatic carbocycles. The minimum Gasteiger partial charge on any atom is -0.305 e. The maximum atomic E-state index is 8.99. The van der Waals surface area contributed by atoms with Crippen LogP contribution >= 0.6 is 0 Å². The maximum absolute atomic E-state index is 8.99. The first kappa shape index (κ1) is 14.5. The third-order valence-electron chi connectivity index (χ3n) is 3.73. The molecule has 1 heterocycles. The molecule has 1 atom stereocenters. The summed E-state index contributed by atoms with van der Waals surface area (Å²) in [6.45, 7) is 11.1. The summed E-state index contributed by atoms with van der Waals surface area (Å²) < 4.78 is 0. The molecule has 3 heteroatoms. The average Bonchev–Trinajstić information content (AvgIpc) is 2.41. The van der Waals surface area contributed by atoms with Crippen molar-refractivity contribution in [2.24, 2.45) is 5.41 Å². The standard InChI is InChI=1S/C14H27N3/c1-13-11-16(4)8-6-10-17(13)9-5-7-14(2,3)12-15/h13H,5-11H2,1-4H3. The predicted molar refractivity (Wildman–Crippen MR) is 71.8 cm³/mol. The molecule has 0 aromatic rings. The zero-order valence-electron chi connectivity index (χ0n) is 11.9. The van der Waals surface area contributed by atoms with Gasteiger partial charge in [-0.2, -0.15) is 5.26 Å². The molecule has 1 aliphatic rings. The first-order valence-electron chi connectivity index (χ1n) is 6.78. The fourth-order valence-electron chi connectivity index (χ4n) is 2.53. The quantitative estimate of drug-likeness (QED) is 0.752. The Morgan fingerprint density at radius 2 is 2.06 bits per heavy atom. The molecule has 1 rings (SSSR count). The minimum absolute atomic E-state index is 0.161. The zero-order chi connectivity index (χ0) is 12.9. The molecule has 0 radical (unpaired) electrons. The number of nitriles is 1. The van der Waals surface area contributed by atoms with Gasteiger partial charge in [-0.1, -0.05) is 0 Å². The van der Waals surface area contributed by atoms with Gasteiger partial charge in [-0.15, -0.1) is 0 Å². The highest BCUT2D eigenvalue weighted by Gasteiger charge is 2.21. The molecule has 0 aromatic heterocycles. The molecule has 98 valence electrons. The van der Waals surface area contributed by atoms with Crippen LogP contribution in [0.1, 0.15) is 40.0 Å². The van der Waals surface area contributed by atoms with Gasteiger partial charge in [0, 0.05) is 12.6 Å². The molecule has 1 fully saturated rings. The fourth-order valence-corrected chi connectivity index (χ4v) is 2.53. The first-order chi connectivity index (χ1) is 7.94. The monoisotopic (exact) mass is 237 g/mol. The van der Waals surface area contributed by atoms with E-state index in [2.05, 4.69) is 29.8 Å². The largest absolute Gasteiger partial charge is 0.305 e. The Bertz CT molecular complexity index is 267. The molecule has 1 unspecified atom stereocenters. The molecule has 0 aromatic carbocycles. The first-order valence-corrected chi connectivity index (χ1v) is 6.78. The van der Waals surface area contributed by atoms with Crippen LogP contribution in [0.5, 0.6) is 0 Å². The second-order valence-electron chi connectivity index (χ2n) is 6.10. The van der Waals surface area contributed by atoms with E-state index in [0.717, 1.165) is 19.4 Å². The summed E-state index contributed by atoms with van der Waals surface area (Å²) in [5, 5.41) is 8.99. The number of rotatable bonds is 4. The third kappa shape index (κ3) is 5.06. The number of hydrogen-bond donors (Lipinski definition) is 0. The molecule has 0 N–H and O–H groups in total. The van der Waals surface area contributed by atoms with Crippen molar-refractivity contribution in [1.29, 1.82) is 5.26 Å². The Balaban J connectivity index is 2.33. The average molecular weight is 237 g/mol. The van der Waals surface area contributed by atoms with Crippen molar-refractivity contribution < 1.29 is 0 Å². The van der Waals surface area contributed by atoms with Gasteiger partial charge in [-0.05, 0) is 66.7 Å². The van der Waals surface area contributed by atoms with Crippen molar-refractivity contribution in [1.82, 2.24) is 9.80 Å². The van der Waals surface area contributed by atoms with Gasteiger partial charge in [0.05, 0.1) is 11.5 Å². The Kier molecular flexibility index (Phi) is 5.42. The van der Waals surface area contributed by atoms with E-state index in [9.17, 15) is 0 Å². The van der Waals surface area contributed by atoms with Crippen molar-refractivity contribution in [3.05, 3.63) is 0 Å². The van der Waals surface area contributed by atoms with E-state index < -0.39 is 0 Å². The van der Waals surface area contributed by atoms with Crippen molar-refractivity contribution in [3.63, 3.8) is 0 Å². The van der Waals surface area contributed by atoms with Crippen LogP contribution in [-0.2, 0) is 0 Å². The zero-order valence-corrected chi connectivity index (χ0v) is 11.9. The molecule has 3 nitrogen and oxygen atoms in total. The normalized spacial score (nSPS) is 24.3. The third-order valence-corrected chi connectivity index (χ3v) is 3.73. The summed E-state index contributed by atoms with van der Waals surface area (Å²) in [5.41, 5.74) is -0.161. The molecule has 0 bridgehead atoms. The summed E-state index contributed by atoms with van der Waals surface area (Å²) in [6, 6.07) is 3.03. The van der Waals surface area contributed by atoms with Gasteiger partial charge in [-0.3, -0.25) is 4.90 Å². The van der Waals surface area contributed by atoms with Crippen LogP contribution in [0.2, 0.25) is 0 Å². The van der Waals surface area contributed by atoms with E-state index in [-0.39, 0.29) is 5.41 Å². The lowest BCUT2D eigenvalue weighted by Crippen LogP contribution is -2.38. The van der Waals surface area contributed by atoms with E-state index >= 15 is 0 Å². The predicted octanol–water partition coefficient (Wildman–Crippen LogP) is 2.34. The smallest absolute Gasteiger partial charge is 0.0683 e. The lowest BCUT2D eigenvalue weighted by Gasteiger charge is -2.28. The lowest BCUT2D eigenvalue weighted by molar-refractivity contribution is 0.193. The van der Waals surface area contributed by atoms with Crippen LogP contribution in [0.15, 0.2) is 0 Å². The van der Waals surface area contributed by atoms with E-state index in [1.54, 1.807) is 0 Å². The Morgan fingerprint density at radius 3 is 2.71 bits per heavy atom. The van der Waals surface area contributed by atoms with Crippen LogP contribution in [-0.4, -0.2) is 49.1 Å². The number of hydrogen-bond acceptors (Lipinski definition) is 3. The van der Waals surface area contributed by atoms with Gasteiger partial charge < -0.3 is 4.90 Å². The second kappa shape index (κ2) is 6.37. The highest BCUT2D eigenvalue weighted by atomic mass is 15.2. The van der Waals surface area contributed by atoms with Gasteiger partial charge >= 0.3 is 0 Å². The SMILES string of the molecule is CC1CN(C)CCCN1CCCC(C)(C)C#N. The summed E-state index contributed by atoms with van der Waals surface area (Å²) in [7, 11) is 2.21. The van der Waals surface area contributed by atoms with E-state index in [1.807, 2.05) is 13.8 Å². The summed E-state index contributed by atoms with van der Waals surface area (Å²) in [4.78, 5) is 5.00. The molecule has 1 saturated heterocycles. The van der Waals surface area contributed by atoms with Crippen LogP contribution < -0.4 is 0 Å². The Labute approximate surface area is 106 Å². The second-order valence-corrected chi connectivity index (χ2v) is 6.10. The van der Waals surface area contributed by atoms with Crippen LogP contribution in [0.25, 0.3) is 0 Å². The van der Waals surface area contributed by atoms with Crippen LogP contribution in [0, 0.1) is 16.7 Å². The topological polar surface area (TPSA) is 30.3 Å². The molecule has 0 saturated carbocycles. The van der Waals surface area contributed by atoms with Crippen molar-refractivity contribution in [3.8, 4) is 6.07 Å². The van der Waals surface area contributed by atoms with E-state index in [4.69, 9.17) is 5.26 Å². The molecule has 0 amide bonds. The van der Waals surface area contributed by atoms with Gasteiger partial charge in [-0.25, -0.2) is 0 Å². The van der Waals surface area contributed by atoms with E-state index in [1.165, 1.54) is 26.1 Å². The van der Waals surface area contributed by atoms with E-state index in [0.29, 0.717) is 6.04 Å². The van der Waals surface area contributed by atoms with Crippen molar-refractivity contribution >= 4 is 0 Å².